The second kappa shape index (κ2) is 11.0. The van der Waals surface area contributed by atoms with Crippen molar-refractivity contribution in [3.8, 4) is 0 Å². The van der Waals surface area contributed by atoms with Crippen LogP contribution in [0.4, 0.5) is 0 Å². The van der Waals surface area contributed by atoms with Crippen molar-refractivity contribution in [1.82, 2.24) is 5.32 Å². The number of aliphatic hydroxyl groups is 1. The highest BCUT2D eigenvalue weighted by Crippen LogP contribution is 2.07. The number of hydrogen-bond acceptors (Lipinski definition) is 2. The average Bonchev–Trinajstić information content (AvgIpc) is 2.46. The van der Waals surface area contributed by atoms with E-state index in [-0.39, 0.29) is 6.61 Å². The molecule has 2 N–H and O–H groups in total. The molecule has 1 aromatic carbocycles. The van der Waals surface area contributed by atoms with Crippen molar-refractivity contribution in [2.75, 3.05) is 6.54 Å². The Balaban J connectivity index is 1.95. The van der Waals surface area contributed by atoms with Crippen molar-refractivity contribution in [2.45, 2.75) is 65.0 Å². The smallest absolute Gasteiger partial charge is 0.0681 e. The molecule has 1 rings (SSSR count). The molecular formula is C17H29NO. The lowest BCUT2D eigenvalue weighted by molar-refractivity contribution is 0.282. The predicted octanol–water partition coefficient (Wildman–Crippen LogP) is 4.02. The van der Waals surface area contributed by atoms with Gasteiger partial charge in [-0.3, -0.25) is 0 Å². The minimum Gasteiger partial charge on any atom is -0.392 e. The molecule has 108 valence electrons. The van der Waals surface area contributed by atoms with Crippen molar-refractivity contribution < 1.29 is 5.11 Å². The second-order valence-corrected chi connectivity index (χ2v) is 5.27. The van der Waals surface area contributed by atoms with E-state index in [0.717, 1.165) is 18.7 Å². The first kappa shape index (κ1) is 16.2. The van der Waals surface area contributed by atoms with E-state index in [1.807, 2.05) is 12.1 Å². The van der Waals surface area contributed by atoms with Crippen LogP contribution in [0.2, 0.25) is 0 Å². The van der Waals surface area contributed by atoms with E-state index in [1.165, 1.54) is 50.5 Å². The minimum absolute atomic E-state index is 0.131. The van der Waals surface area contributed by atoms with E-state index >= 15 is 0 Å². The summed E-state index contributed by atoms with van der Waals surface area (Å²) in [5.41, 5.74) is 2.27. The standard InChI is InChI=1S/C17H29NO/c1-2-3-4-5-6-7-8-13-18-14-16-9-11-17(15-19)12-10-16/h9-12,18-19H,2-8,13-15H2,1H3. The van der Waals surface area contributed by atoms with E-state index in [2.05, 4.69) is 24.4 Å². The second-order valence-electron chi connectivity index (χ2n) is 5.27. The number of benzene rings is 1. The van der Waals surface area contributed by atoms with Crippen LogP contribution >= 0.6 is 0 Å². The van der Waals surface area contributed by atoms with Crippen molar-refractivity contribution in [2.24, 2.45) is 0 Å². The maximum absolute atomic E-state index is 8.96. The van der Waals surface area contributed by atoms with E-state index in [4.69, 9.17) is 5.11 Å². The van der Waals surface area contributed by atoms with Gasteiger partial charge in [-0.15, -0.1) is 0 Å². The highest BCUT2D eigenvalue weighted by molar-refractivity contribution is 5.21. The van der Waals surface area contributed by atoms with Crippen molar-refractivity contribution in [1.29, 1.82) is 0 Å². The molecule has 0 saturated heterocycles. The number of aliphatic hydroxyl groups excluding tert-OH is 1. The molecule has 0 aliphatic rings. The molecule has 0 aliphatic carbocycles. The monoisotopic (exact) mass is 263 g/mol. The molecule has 0 unspecified atom stereocenters. The summed E-state index contributed by atoms with van der Waals surface area (Å²) in [5.74, 6) is 0. The molecule has 0 spiro atoms. The summed E-state index contributed by atoms with van der Waals surface area (Å²) in [6.07, 6.45) is 9.53. The third kappa shape index (κ3) is 8.02. The van der Waals surface area contributed by atoms with Crippen LogP contribution in [0.15, 0.2) is 24.3 Å². The lowest BCUT2D eigenvalue weighted by Crippen LogP contribution is -2.14. The van der Waals surface area contributed by atoms with Gasteiger partial charge in [-0.25, -0.2) is 0 Å². The van der Waals surface area contributed by atoms with Crippen LogP contribution in [-0.4, -0.2) is 11.7 Å². The molecule has 0 atom stereocenters. The van der Waals surface area contributed by atoms with Gasteiger partial charge < -0.3 is 10.4 Å². The highest BCUT2D eigenvalue weighted by atomic mass is 16.3. The van der Waals surface area contributed by atoms with Gasteiger partial charge in [0.25, 0.3) is 0 Å². The van der Waals surface area contributed by atoms with Crippen molar-refractivity contribution in [3.63, 3.8) is 0 Å². The normalized spacial score (nSPS) is 10.8. The van der Waals surface area contributed by atoms with Crippen molar-refractivity contribution in [3.05, 3.63) is 35.4 Å². The third-order valence-electron chi connectivity index (χ3n) is 3.49. The van der Waals surface area contributed by atoms with Gasteiger partial charge in [0.2, 0.25) is 0 Å². The fraction of sp³-hybridized carbons (Fsp3) is 0.647. The zero-order valence-electron chi connectivity index (χ0n) is 12.3. The number of hydrogen-bond donors (Lipinski definition) is 2. The quantitative estimate of drug-likeness (QED) is 0.591. The van der Waals surface area contributed by atoms with Crippen LogP contribution in [0.3, 0.4) is 0 Å². The topological polar surface area (TPSA) is 32.3 Å². The van der Waals surface area contributed by atoms with E-state index < -0.39 is 0 Å². The van der Waals surface area contributed by atoms with Crippen LogP contribution in [0.1, 0.15) is 63.0 Å². The number of nitrogens with one attached hydrogen (secondary N) is 1. The van der Waals surface area contributed by atoms with Gasteiger partial charge in [0.05, 0.1) is 6.61 Å². The van der Waals surface area contributed by atoms with E-state index in [9.17, 15) is 0 Å². The highest BCUT2D eigenvalue weighted by Gasteiger charge is 1.94. The summed E-state index contributed by atoms with van der Waals surface area (Å²) in [7, 11) is 0. The summed E-state index contributed by atoms with van der Waals surface area (Å²) in [6, 6.07) is 8.15. The average molecular weight is 263 g/mol. The maximum Gasteiger partial charge on any atom is 0.0681 e. The molecule has 0 radical (unpaired) electrons. The summed E-state index contributed by atoms with van der Waals surface area (Å²) < 4.78 is 0. The third-order valence-corrected chi connectivity index (χ3v) is 3.49. The fourth-order valence-corrected chi connectivity index (χ4v) is 2.20. The van der Waals surface area contributed by atoms with Crippen LogP contribution < -0.4 is 5.32 Å². The predicted molar refractivity (Wildman–Crippen MR) is 82.1 cm³/mol. The summed E-state index contributed by atoms with van der Waals surface area (Å²) in [6.45, 7) is 4.43. The van der Waals surface area contributed by atoms with Crippen LogP contribution in [0.25, 0.3) is 0 Å². The molecule has 0 heterocycles. The summed E-state index contributed by atoms with van der Waals surface area (Å²) in [5, 5.41) is 12.4. The molecule has 0 fully saturated rings. The Hall–Kier alpha value is -0.860. The maximum atomic E-state index is 8.96. The Morgan fingerprint density at radius 1 is 0.842 bits per heavy atom. The molecule has 2 nitrogen and oxygen atoms in total. The molecule has 0 aromatic heterocycles. The molecule has 0 amide bonds. The van der Waals surface area contributed by atoms with Crippen molar-refractivity contribution >= 4 is 0 Å². The Morgan fingerprint density at radius 2 is 1.42 bits per heavy atom. The Bertz CT molecular complexity index is 308. The molecular weight excluding hydrogens is 234 g/mol. The lowest BCUT2D eigenvalue weighted by atomic mass is 10.1. The molecule has 0 bridgehead atoms. The number of unbranched alkanes of at least 4 members (excludes halogenated alkanes) is 6. The first-order valence-electron chi connectivity index (χ1n) is 7.76. The first-order valence-corrected chi connectivity index (χ1v) is 7.76. The molecule has 19 heavy (non-hydrogen) atoms. The lowest BCUT2D eigenvalue weighted by Gasteiger charge is -2.06. The fourth-order valence-electron chi connectivity index (χ4n) is 2.20. The zero-order valence-corrected chi connectivity index (χ0v) is 12.3. The molecule has 2 heteroatoms. The first-order chi connectivity index (χ1) is 9.36. The molecule has 0 aliphatic heterocycles. The van der Waals surface area contributed by atoms with Gasteiger partial charge in [-0.2, -0.15) is 0 Å². The molecule has 0 saturated carbocycles. The number of rotatable bonds is 11. The largest absolute Gasteiger partial charge is 0.392 e. The van der Waals surface area contributed by atoms with E-state index in [1.54, 1.807) is 0 Å². The van der Waals surface area contributed by atoms with Gasteiger partial charge in [0.1, 0.15) is 0 Å². The van der Waals surface area contributed by atoms with Gasteiger partial charge in [0.15, 0.2) is 0 Å². The zero-order chi connectivity index (χ0) is 13.8. The summed E-state index contributed by atoms with van der Waals surface area (Å²) in [4.78, 5) is 0. The van der Waals surface area contributed by atoms with Gasteiger partial charge >= 0.3 is 0 Å². The summed E-state index contributed by atoms with van der Waals surface area (Å²) >= 11 is 0. The Labute approximate surface area is 118 Å². The Kier molecular flexibility index (Phi) is 9.38. The Morgan fingerprint density at radius 3 is 2.05 bits per heavy atom. The van der Waals surface area contributed by atoms with Crippen LogP contribution in [0.5, 0.6) is 0 Å². The van der Waals surface area contributed by atoms with Gasteiger partial charge in [0, 0.05) is 6.54 Å². The van der Waals surface area contributed by atoms with Crippen LogP contribution in [-0.2, 0) is 13.2 Å². The van der Waals surface area contributed by atoms with Gasteiger partial charge in [-0.1, -0.05) is 69.7 Å². The minimum atomic E-state index is 0.131. The SMILES string of the molecule is CCCCCCCCCNCc1ccc(CO)cc1. The van der Waals surface area contributed by atoms with Gasteiger partial charge in [-0.05, 0) is 24.1 Å². The van der Waals surface area contributed by atoms with E-state index in [0.29, 0.717) is 0 Å². The van der Waals surface area contributed by atoms with Crippen LogP contribution in [0, 0.1) is 0 Å². The molecule has 1 aromatic rings.